The second kappa shape index (κ2) is 6.08. The van der Waals surface area contributed by atoms with Crippen LogP contribution >= 0.6 is 23.5 Å². The van der Waals surface area contributed by atoms with E-state index >= 15 is 0 Å². The zero-order chi connectivity index (χ0) is 11.3. The summed E-state index contributed by atoms with van der Waals surface area (Å²) < 4.78 is 0. The second-order valence-corrected chi connectivity index (χ2v) is 5.35. The molecule has 1 N–H and O–H groups in total. The van der Waals surface area contributed by atoms with Gasteiger partial charge in [0.25, 0.3) is 0 Å². The number of aliphatic carboxylic acids is 1. The van der Waals surface area contributed by atoms with Crippen molar-refractivity contribution in [2.45, 2.75) is 22.8 Å². The van der Waals surface area contributed by atoms with Gasteiger partial charge in [-0.25, -0.2) is 0 Å². The molecule has 15 heavy (non-hydrogen) atoms. The van der Waals surface area contributed by atoms with Gasteiger partial charge in [0.1, 0.15) is 0 Å². The Labute approximate surface area is 98.5 Å². The molecule has 4 heteroatoms. The third-order valence-electron chi connectivity index (χ3n) is 2.01. The van der Waals surface area contributed by atoms with Gasteiger partial charge in [0.05, 0.1) is 5.25 Å². The lowest BCUT2D eigenvalue weighted by molar-refractivity contribution is -0.136. The minimum Gasteiger partial charge on any atom is -0.480 e. The van der Waals surface area contributed by atoms with Crippen molar-refractivity contribution in [1.82, 2.24) is 0 Å². The van der Waals surface area contributed by atoms with Gasteiger partial charge in [-0.3, -0.25) is 4.79 Å². The van der Waals surface area contributed by atoms with E-state index in [1.165, 1.54) is 22.2 Å². The summed E-state index contributed by atoms with van der Waals surface area (Å²) in [4.78, 5) is 11.8. The Kier molecular flexibility index (Phi) is 5.05. The average Bonchev–Trinajstić information content (AvgIpc) is 2.26. The highest BCUT2D eigenvalue weighted by molar-refractivity contribution is 7.99. The molecular formula is C11H14O2S2. The molecule has 0 fully saturated rings. The van der Waals surface area contributed by atoms with Gasteiger partial charge < -0.3 is 5.11 Å². The highest BCUT2D eigenvalue weighted by Crippen LogP contribution is 2.20. The number of thioether (sulfide) groups is 2. The predicted molar refractivity (Wildman–Crippen MR) is 66.6 cm³/mol. The molecule has 82 valence electrons. The van der Waals surface area contributed by atoms with Gasteiger partial charge in [-0.1, -0.05) is 12.1 Å². The molecule has 0 heterocycles. The minimum atomic E-state index is -0.749. The van der Waals surface area contributed by atoms with Crippen LogP contribution in [0.5, 0.6) is 0 Å². The Morgan fingerprint density at radius 2 is 2.00 bits per heavy atom. The summed E-state index contributed by atoms with van der Waals surface area (Å²) in [5.41, 5.74) is 1.17. The van der Waals surface area contributed by atoms with Crippen LogP contribution in [0, 0.1) is 0 Å². The number of benzene rings is 1. The third kappa shape index (κ3) is 4.18. The lowest BCUT2D eigenvalue weighted by atomic mass is 10.2. The average molecular weight is 242 g/mol. The molecule has 1 aromatic rings. The highest BCUT2D eigenvalue weighted by Gasteiger charge is 2.10. The van der Waals surface area contributed by atoms with Crippen LogP contribution in [-0.2, 0) is 10.5 Å². The van der Waals surface area contributed by atoms with E-state index in [9.17, 15) is 4.79 Å². The van der Waals surface area contributed by atoms with Crippen molar-refractivity contribution in [3.8, 4) is 0 Å². The Morgan fingerprint density at radius 3 is 2.47 bits per heavy atom. The van der Waals surface area contributed by atoms with Crippen LogP contribution in [0.3, 0.4) is 0 Å². The molecule has 2 nitrogen and oxygen atoms in total. The molecule has 0 aromatic heterocycles. The van der Waals surface area contributed by atoms with Gasteiger partial charge in [0.15, 0.2) is 0 Å². The van der Waals surface area contributed by atoms with Crippen molar-refractivity contribution in [1.29, 1.82) is 0 Å². The molecule has 0 radical (unpaired) electrons. The van der Waals surface area contributed by atoms with Crippen LogP contribution in [-0.4, -0.2) is 22.6 Å². The van der Waals surface area contributed by atoms with E-state index < -0.39 is 5.97 Å². The molecule has 0 amide bonds. The maximum atomic E-state index is 10.6. The van der Waals surface area contributed by atoms with Crippen LogP contribution in [0.2, 0.25) is 0 Å². The fraction of sp³-hybridized carbons (Fsp3) is 0.364. The monoisotopic (exact) mass is 242 g/mol. The first kappa shape index (κ1) is 12.5. The molecule has 0 aliphatic rings. The number of rotatable bonds is 5. The van der Waals surface area contributed by atoms with E-state index in [1.54, 1.807) is 18.7 Å². The van der Waals surface area contributed by atoms with Crippen LogP contribution < -0.4 is 0 Å². The molecule has 0 aliphatic heterocycles. The van der Waals surface area contributed by atoms with Gasteiger partial charge in [0, 0.05) is 10.6 Å². The molecule has 0 saturated carbocycles. The Hall–Kier alpha value is -0.610. The Balaban J connectivity index is 2.47. The van der Waals surface area contributed by atoms with E-state index in [2.05, 4.69) is 12.1 Å². The van der Waals surface area contributed by atoms with Crippen molar-refractivity contribution in [2.75, 3.05) is 6.26 Å². The summed E-state index contributed by atoms with van der Waals surface area (Å²) in [7, 11) is 0. The number of hydrogen-bond acceptors (Lipinski definition) is 3. The van der Waals surface area contributed by atoms with E-state index in [0.29, 0.717) is 0 Å². The predicted octanol–water partition coefficient (Wildman–Crippen LogP) is 3.11. The molecule has 0 aliphatic carbocycles. The summed E-state index contributed by atoms with van der Waals surface area (Å²) in [6, 6.07) is 8.22. The van der Waals surface area contributed by atoms with Gasteiger partial charge in [-0.2, -0.15) is 0 Å². The summed E-state index contributed by atoms with van der Waals surface area (Å²) in [5, 5.41) is 8.38. The van der Waals surface area contributed by atoms with Crippen LogP contribution in [0.15, 0.2) is 29.2 Å². The molecule has 1 rings (SSSR count). The van der Waals surface area contributed by atoms with Crippen LogP contribution in [0.1, 0.15) is 12.5 Å². The molecule has 1 atom stereocenters. The number of carboxylic acids is 1. The zero-order valence-electron chi connectivity index (χ0n) is 8.77. The number of carbonyl (C=O) groups is 1. The third-order valence-corrected chi connectivity index (χ3v) is 3.95. The zero-order valence-corrected chi connectivity index (χ0v) is 10.4. The standard InChI is InChI=1S/C11H14O2S2/c1-8(11(12)13)15-7-9-3-5-10(14-2)6-4-9/h3-6,8H,7H2,1-2H3,(H,12,13). The largest absolute Gasteiger partial charge is 0.480 e. The first-order chi connectivity index (χ1) is 7.13. The normalized spacial score (nSPS) is 12.4. The summed E-state index contributed by atoms with van der Waals surface area (Å²) >= 11 is 3.15. The quantitative estimate of drug-likeness (QED) is 0.805. The van der Waals surface area contributed by atoms with E-state index in [-0.39, 0.29) is 5.25 Å². The second-order valence-electron chi connectivity index (χ2n) is 3.14. The molecule has 1 aromatic carbocycles. The van der Waals surface area contributed by atoms with E-state index in [0.717, 1.165) is 5.75 Å². The Bertz CT molecular complexity index is 322. The topological polar surface area (TPSA) is 37.3 Å². The fourth-order valence-corrected chi connectivity index (χ4v) is 2.20. The van der Waals surface area contributed by atoms with Gasteiger partial charge in [-0.05, 0) is 30.9 Å². The van der Waals surface area contributed by atoms with Gasteiger partial charge >= 0.3 is 5.97 Å². The highest BCUT2D eigenvalue weighted by atomic mass is 32.2. The lowest BCUT2D eigenvalue weighted by Crippen LogP contribution is -2.11. The number of hydrogen-bond donors (Lipinski definition) is 1. The summed E-state index contributed by atoms with van der Waals surface area (Å²) in [5.74, 6) is 0.00279. The van der Waals surface area contributed by atoms with Crippen molar-refractivity contribution in [2.24, 2.45) is 0 Å². The molecular weight excluding hydrogens is 228 g/mol. The first-order valence-electron chi connectivity index (χ1n) is 4.61. The van der Waals surface area contributed by atoms with Crippen molar-refractivity contribution in [3.05, 3.63) is 29.8 Å². The maximum absolute atomic E-state index is 10.6. The van der Waals surface area contributed by atoms with Crippen LogP contribution in [0.4, 0.5) is 0 Å². The smallest absolute Gasteiger partial charge is 0.316 e. The molecule has 0 saturated heterocycles. The number of carboxylic acid groups (broad SMARTS) is 1. The van der Waals surface area contributed by atoms with E-state index in [4.69, 9.17) is 5.11 Å². The van der Waals surface area contributed by atoms with Gasteiger partial charge in [0.2, 0.25) is 0 Å². The first-order valence-corrected chi connectivity index (χ1v) is 6.88. The minimum absolute atomic E-state index is 0.342. The molecule has 0 spiro atoms. The van der Waals surface area contributed by atoms with Crippen molar-refractivity contribution >= 4 is 29.5 Å². The maximum Gasteiger partial charge on any atom is 0.316 e. The Morgan fingerprint density at radius 1 is 1.40 bits per heavy atom. The van der Waals surface area contributed by atoms with E-state index in [1.807, 2.05) is 18.4 Å². The van der Waals surface area contributed by atoms with Crippen molar-refractivity contribution < 1.29 is 9.90 Å². The lowest BCUT2D eigenvalue weighted by Gasteiger charge is -2.06. The summed E-state index contributed by atoms with van der Waals surface area (Å²) in [6.07, 6.45) is 2.04. The van der Waals surface area contributed by atoms with Crippen molar-refractivity contribution in [3.63, 3.8) is 0 Å². The van der Waals surface area contributed by atoms with Gasteiger partial charge in [-0.15, -0.1) is 23.5 Å². The SMILES string of the molecule is CSc1ccc(CSC(C)C(=O)O)cc1. The molecule has 0 bridgehead atoms. The summed E-state index contributed by atoms with van der Waals surface area (Å²) in [6.45, 7) is 1.71. The molecule has 1 unspecified atom stereocenters. The van der Waals surface area contributed by atoms with Crippen LogP contribution in [0.25, 0.3) is 0 Å². The fourth-order valence-electron chi connectivity index (χ4n) is 1.01.